The van der Waals surface area contributed by atoms with E-state index in [0.29, 0.717) is 11.7 Å². The first-order chi connectivity index (χ1) is 6.59. The minimum Gasteiger partial charge on any atom is -0.391 e. The highest BCUT2D eigenvalue weighted by atomic mass is 16.3. The fourth-order valence-electron chi connectivity index (χ4n) is 1.44. The summed E-state index contributed by atoms with van der Waals surface area (Å²) in [5.41, 5.74) is 5.80. The fourth-order valence-corrected chi connectivity index (χ4v) is 1.44. The fraction of sp³-hybridized carbons (Fsp3) is 0.778. The third kappa shape index (κ3) is 1.65. The molecule has 14 heavy (non-hydrogen) atoms. The number of nitrogens with zero attached hydrogens (tertiary/aromatic N) is 3. The SMILES string of the molecule is CC(O)C(N)c1nc(C2CC2)nn1C. The summed E-state index contributed by atoms with van der Waals surface area (Å²) in [6.45, 7) is 1.66. The molecule has 1 aliphatic rings. The predicted octanol–water partition coefficient (Wildman–Crippen LogP) is 0.0731. The molecule has 1 aliphatic carbocycles. The maximum Gasteiger partial charge on any atom is 0.154 e. The van der Waals surface area contributed by atoms with Gasteiger partial charge < -0.3 is 10.8 Å². The van der Waals surface area contributed by atoms with Crippen LogP contribution in [0.2, 0.25) is 0 Å². The van der Waals surface area contributed by atoms with Crippen LogP contribution in [0.25, 0.3) is 0 Å². The summed E-state index contributed by atoms with van der Waals surface area (Å²) in [5.74, 6) is 2.07. The lowest BCUT2D eigenvalue weighted by Gasteiger charge is -2.12. The molecule has 5 heteroatoms. The molecule has 1 saturated carbocycles. The van der Waals surface area contributed by atoms with E-state index < -0.39 is 12.1 Å². The molecule has 3 N–H and O–H groups in total. The topological polar surface area (TPSA) is 77.0 Å². The lowest BCUT2D eigenvalue weighted by molar-refractivity contribution is 0.158. The van der Waals surface area contributed by atoms with Gasteiger partial charge in [-0.2, -0.15) is 5.10 Å². The standard InChI is InChI=1S/C9H16N4O/c1-5(14)7(10)9-11-8(6-3-4-6)12-13(9)2/h5-7,14H,3-4,10H2,1-2H3. The molecular weight excluding hydrogens is 180 g/mol. The summed E-state index contributed by atoms with van der Waals surface area (Å²) in [5, 5.41) is 13.6. The highest BCUT2D eigenvalue weighted by Crippen LogP contribution is 2.38. The number of aliphatic hydroxyl groups excluding tert-OH is 1. The van der Waals surface area contributed by atoms with E-state index >= 15 is 0 Å². The van der Waals surface area contributed by atoms with E-state index in [2.05, 4.69) is 10.1 Å². The van der Waals surface area contributed by atoms with Crippen LogP contribution in [0.3, 0.4) is 0 Å². The van der Waals surface area contributed by atoms with Crippen LogP contribution >= 0.6 is 0 Å². The second kappa shape index (κ2) is 3.33. The Balaban J connectivity index is 2.23. The number of rotatable bonds is 3. The molecule has 1 fully saturated rings. The van der Waals surface area contributed by atoms with Crippen molar-refractivity contribution in [1.29, 1.82) is 0 Å². The zero-order chi connectivity index (χ0) is 10.3. The summed E-state index contributed by atoms with van der Waals surface area (Å²) in [7, 11) is 1.82. The van der Waals surface area contributed by atoms with Crippen LogP contribution in [0.5, 0.6) is 0 Å². The molecule has 5 nitrogen and oxygen atoms in total. The average molecular weight is 196 g/mol. The van der Waals surface area contributed by atoms with Gasteiger partial charge in [-0.1, -0.05) is 0 Å². The first-order valence-corrected chi connectivity index (χ1v) is 4.94. The second-order valence-electron chi connectivity index (χ2n) is 3.99. The van der Waals surface area contributed by atoms with Gasteiger partial charge in [0.2, 0.25) is 0 Å². The molecule has 0 saturated heterocycles. The van der Waals surface area contributed by atoms with Crippen molar-refractivity contribution in [2.75, 3.05) is 0 Å². The van der Waals surface area contributed by atoms with Gasteiger partial charge in [-0.3, -0.25) is 4.68 Å². The van der Waals surface area contributed by atoms with E-state index in [-0.39, 0.29) is 0 Å². The van der Waals surface area contributed by atoms with Crippen LogP contribution in [0.15, 0.2) is 0 Å². The molecule has 1 heterocycles. The van der Waals surface area contributed by atoms with Gasteiger partial charge in [0.15, 0.2) is 5.82 Å². The quantitative estimate of drug-likeness (QED) is 0.717. The zero-order valence-electron chi connectivity index (χ0n) is 8.51. The first kappa shape index (κ1) is 9.61. The molecule has 0 radical (unpaired) electrons. The van der Waals surface area contributed by atoms with Gasteiger partial charge in [0.25, 0.3) is 0 Å². The van der Waals surface area contributed by atoms with Gasteiger partial charge in [0, 0.05) is 13.0 Å². The van der Waals surface area contributed by atoms with Crippen molar-refractivity contribution in [1.82, 2.24) is 14.8 Å². The monoisotopic (exact) mass is 196 g/mol. The molecule has 1 aromatic rings. The third-order valence-corrected chi connectivity index (χ3v) is 2.57. The van der Waals surface area contributed by atoms with E-state index in [4.69, 9.17) is 5.73 Å². The molecule has 1 aromatic heterocycles. The minimum absolute atomic E-state index is 0.444. The van der Waals surface area contributed by atoms with Crippen LogP contribution in [0.4, 0.5) is 0 Å². The largest absolute Gasteiger partial charge is 0.391 e. The average Bonchev–Trinajstić information content (AvgIpc) is 2.89. The van der Waals surface area contributed by atoms with Crippen LogP contribution < -0.4 is 5.73 Å². The third-order valence-electron chi connectivity index (χ3n) is 2.57. The molecule has 2 unspecified atom stereocenters. The van der Waals surface area contributed by atoms with Crippen molar-refractivity contribution in [3.63, 3.8) is 0 Å². The number of hydrogen-bond acceptors (Lipinski definition) is 4. The van der Waals surface area contributed by atoms with E-state index in [1.165, 1.54) is 12.8 Å². The highest BCUT2D eigenvalue weighted by molar-refractivity contribution is 5.08. The van der Waals surface area contributed by atoms with Crippen molar-refractivity contribution in [2.24, 2.45) is 12.8 Å². The number of aryl methyl sites for hydroxylation is 1. The van der Waals surface area contributed by atoms with Crippen LogP contribution in [0.1, 0.15) is 43.4 Å². The molecule has 0 amide bonds. The van der Waals surface area contributed by atoms with E-state index in [1.54, 1.807) is 11.6 Å². The van der Waals surface area contributed by atoms with Gasteiger partial charge in [-0.25, -0.2) is 4.98 Å². The van der Waals surface area contributed by atoms with Crippen LogP contribution in [0, 0.1) is 0 Å². The molecule has 0 aliphatic heterocycles. The Labute approximate surface area is 82.9 Å². The van der Waals surface area contributed by atoms with E-state index in [0.717, 1.165) is 5.82 Å². The smallest absolute Gasteiger partial charge is 0.154 e. The van der Waals surface area contributed by atoms with Crippen molar-refractivity contribution in [3.05, 3.63) is 11.6 Å². The van der Waals surface area contributed by atoms with Crippen LogP contribution in [-0.2, 0) is 7.05 Å². The summed E-state index contributed by atoms with van der Waals surface area (Å²) in [6.07, 6.45) is 1.76. The molecule has 2 atom stereocenters. The Morgan fingerprint density at radius 3 is 2.71 bits per heavy atom. The summed E-state index contributed by atoms with van der Waals surface area (Å²) < 4.78 is 1.67. The summed E-state index contributed by atoms with van der Waals surface area (Å²) in [4.78, 5) is 4.36. The van der Waals surface area contributed by atoms with Crippen molar-refractivity contribution < 1.29 is 5.11 Å². The van der Waals surface area contributed by atoms with Gasteiger partial charge in [0.05, 0.1) is 12.1 Å². The van der Waals surface area contributed by atoms with Gasteiger partial charge in [-0.05, 0) is 19.8 Å². The van der Waals surface area contributed by atoms with E-state index in [1.807, 2.05) is 7.05 Å². The number of nitrogens with two attached hydrogens (primary N) is 1. The molecule has 0 spiro atoms. The second-order valence-corrected chi connectivity index (χ2v) is 3.99. The zero-order valence-corrected chi connectivity index (χ0v) is 8.51. The van der Waals surface area contributed by atoms with Gasteiger partial charge in [-0.15, -0.1) is 0 Å². The number of hydrogen-bond donors (Lipinski definition) is 2. The lowest BCUT2D eigenvalue weighted by atomic mass is 10.2. The van der Waals surface area contributed by atoms with Crippen molar-refractivity contribution in [3.8, 4) is 0 Å². The predicted molar refractivity (Wildman–Crippen MR) is 51.6 cm³/mol. The Bertz CT molecular complexity index is 330. The normalized spacial score (nSPS) is 20.9. The van der Waals surface area contributed by atoms with Crippen LogP contribution in [-0.4, -0.2) is 26.0 Å². The Kier molecular flexibility index (Phi) is 2.28. The van der Waals surface area contributed by atoms with Crippen molar-refractivity contribution in [2.45, 2.75) is 37.8 Å². The lowest BCUT2D eigenvalue weighted by Crippen LogP contribution is -2.26. The Hall–Kier alpha value is -0.940. The Morgan fingerprint density at radius 2 is 2.21 bits per heavy atom. The Morgan fingerprint density at radius 1 is 1.57 bits per heavy atom. The molecule has 2 rings (SSSR count). The maximum absolute atomic E-state index is 9.36. The highest BCUT2D eigenvalue weighted by Gasteiger charge is 2.30. The van der Waals surface area contributed by atoms with Gasteiger partial charge >= 0.3 is 0 Å². The molecule has 0 bridgehead atoms. The number of aromatic nitrogens is 3. The van der Waals surface area contributed by atoms with Gasteiger partial charge in [0.1, 0.15) is 5.82 Å². The minimum atomic E-state index is -0.593. The summed E-state index contributed by atoms with van der Waals surface area (Å²) in [6, 6.07) is -0.444. The first-order valence-electron chi connectivity index (χ1n) is 4.94. The summed E-state index contributed by atoms with van der Waals surface area (Å²) >= 11 is 0. The molecule has 78 valence electrons. The maximum atomic E-state index is 9.36. The molecule has 0 aromatic carbocycles. The number of aliphatic hydroxyl groups is 1. The van der Waals surface area contributed by atoms with E-state index in [9.17, 15) is 5.11 Å². The van der Waals surface area contributed by atoms with Crippen molar-refractivity contribution >= 4 is 0 Å². The molecular formula is C9H16N4O.